The van der Waals surface area contributed by atoms with Gasteiger partial charge in [-0.15, -0.1) is 0 Å². The monoisotopic (exact) mass is 425 g/mol. The number of hydrogen-bond acceptors (Lipinski definition) is 6. The van der Waals surface area contributed by atoms with Crippen molar-refractivity contribution in [2.24, 2.45) is 11.8 Å². The summed E-state index contributed by atoms with van der Waals surface area (Å²) in [6, 6.07) is 5.12. The van der Waals surface area contributed by atoms with Gasteiger partial charge >= 0.3 is 0 Å². The summed E-state index contributed by atoms with van der Waals surface area (Å²) in [5.74, 6) is -0.412. The van der Waals surface area contributed by atoms with Gasteiger partial charge in [-0.25, -0.2) is 0 Å². The summed E-state index contributed by atoms with van der Waals surface area (Å²) in [5.41, 5.74) is 7.76. The highest BCUT2D eigenvalue weighted by Crippen LogP contribution is 2.50. The Morgan fingerprint density at radius 1 is 1.07 bits per heavy atom. The van der Waals surface area contributed by atoms with Crippen molar-refractivity contribution in [2.45, 2.75) is 39.4 Å². The first-order chi connectivity index (χ1) is 14.0. The van der Waals surface area contributed by atoms with Gasteiger partial charge in [-0.1, -0.05) is 12.1 Å². The average Bonchev–Trinajstić information content (AvgIpc) is 2.68. The van der Waals surface area contributed by atoms with Gasteiger partial charge in [-0.05, 0) is 44.6 Å². The Morgan fingerprint density at radius 2 is 1.70 bits per heavy atom. The Labute approximate surface area is 176 Å². The Morgan fingerprint density at radius 3 is 2.33 bits per heavy atom. The number of anilines is 1. The van der Waals surface area contributed by atoms with E-state index in [2.05, 4.69) is 19.6 Å². The molecule has 0 heterocycles. The van der Waals surface area contributed by atoms with Crippen LogP contribution in [0.3, 0.4) is 0 Å². The summed E-state index contributed by atoms with van der Waals surface area (Å²) in [6.07, 6.45) is 0.832. The predicted octanol–water partition coefficient (Wildman–Crippen LogP) is 4.67. The maximum absolute atomic E-state index is 13.5. The number of ketones is 2. The summed E-state index contributed by atoms with van der Waals surface area (Å²) >= 11 is 0. The quantitative estimate of drug-likeness (QED) is 0.421. The number of methoxy groups -OCH3 is 1. The van der Waals surface area contributed by atoms with E-state index in [4.69, 9.17) is 14.9 Å². The number of carbonyl (C=O) groups is 2. The predicted molar refractivity (Wildman–Crippen MR) is 119 cm³/mol. The molecule has 0 spiro atoms. The van der Waals surface area contributed by atoms with E-state index >= 15 is 0 Å². The fourth-order valence-electron chi connectivity index (χ4n) is 4.71. The van der Waals surface area contributed by atoms with Crippen LogP contribution in [0.4, 0.5) is 5.69 Å². The zero-order valence-corrected chi connectivity index (χ0v) is 19.0. The van der Waals surface area contributed by atoms with E-state index in [0.29, 0.717) is 29.4 Å². The van der Waals surface area contributed by atoms with Crippen LogP contribution in [0.1, 0.15) is 40.5 Å². The van der Waals surface area contributed by atoms with Gasteiger partial charge in [-0.2, -0.15) is 0 Å². The number of ether oxygens (including phenoxy) is 1. The molecule has 2 aromatic carbocycles. The van der Waals surface area contributed by atoms with E-state index in [1.807, 2.05) is 6.92 Å². The Hall–Kier alpha value is -2.80. The van der Waals surface area contributed by atoms with Crippen LogP contribution in [0.15, 0.2) is 29.5 Å². The van der Waals surface area contributed by atoms with Crippen molar-refractivity contribution < 1.29 is 23.9 Å². The molecular weight excluding hydrogens is 398 g/mol. The lowest BCUT2D eigenvalue weighted by atomic mass is 9.66. The molecule has 0 radical (unpaired) electrons. The molecule has 7 heteroatoms. The summed E-state index contributed by atoms with van der Waals surface area (Å²) in [5, 5.41) is 11.9. The molecule has 2 atom stereocenters. The third kappa shape index (κ3) is 2.99. The Bertz CT molecular complexity index is 1130. The van der Waals surface area contributed by atoms with Crippen LogP contribution >= 0.6 is 0 Å². The molecule has 2 aromatic rings. The Kier molecular flexibility index (Phi) is 4.69. The van der Waals surface area contributed by atoms with Crippen molar-refractivity contribution in [3.05, 3.63) is 40.7 Å². The normalized spacial score (nSPS) is 21.5. The lowest BCUT2D eigenvalue weighted by molar-refractivity contribution is 0.0703. The number of phenols is 1. The van der Waals surface area contributed by atoms with Crippen LogP contribution in [0.5, 0.6) is 11.5 Å². The number of fused-ring (bicyclic) bond motifs is 3. The highest BCUT2D eigenvalue weighted by molar-refractivity contribution is 6.70. The van der Waals surface area contributed by atoms with Crippen LogP contribution in [0.25, 0.3) is 10.8 Å². The molecule has 4 rings (SSSR count). The molecule has 6 nitrogen and oxygen atoms in total. The largest absolute Gasteiger partial charge is 0.547 e. The van der Waals surface area contributed by atoms with Crippen molar-refractivity contribution in [2.75, 3.05) is 12.8 Å². The molecule has 0 aromatic heterocycles. The van der Waals surface area contributed by atoms with Gasteiger partial charge in [0.15, 0.2) is 11.6 Å². The van der Waals surface area contributed by atoms with Crippen molar-refractivity contribution in [1.82, 2.24) is 0 Å². The third-order valence-electron chi connectivity index (χ3n) is 6.02. The lowest BCUT2D eigenvalue weighted by Crippen LogP contribution is -2.41. The van der Waals surface area contributed by atoms with Gasteiger partial charge in [0.25, 0.3) is 0 Å². The van der Waals surface area contributed by atoms with Crippen LogP contribution < -0.4 is 10.5 Å². The fraction of sp³-hybridized carbons (Fsp3) is 0.391. The number of benzene rings is 2. The number of allylic oxidation sites excluding steroid dienone is 2. The number of nitrogen functional groups attached to an aromatic ring is 1. The van der Waals surface area contributed by atoms with Crippen LogP contribution in [0, 0.1) is 11.8 Å². The number of aromatic hydroxyl groups is 1. The molecule has 0 unspecified atom stereocenters. The molecular formula is C23H27NO5Si. The molecule has 0 aliphatic heterocycles. The van der Waals surface area contributed by atoms with E-state index in [1.165, 1.54) is 7.11 Å². The number of carbonyl (C=O) groups excluding carboxylic acids is 2. The van der Waals surface area contributed by atoms with Gasteiger partial charge in [0.05, 0.1) is 35.1 Å². The smallest absolute Gasteiger partial charge is 0.241 e. The maximum Gasteiger partial charge on any atom is 0.241 e. The number of hydrogen-bond donors (Lipinski definition) is 2. The van der Waals surface area contributed by atoms with Gasteiger partial charge in [-0.3, -0.25) is 9.59 Å². The second-order valence-corrected chi connectivity index (χ2v) is 13.6. The minimum atomic E-state index is -1.86. The number of phenolic OH excluding ortho intramolecular Hbond substituents is 1. The second-order valence-electron chi connectivity index (χ2n) is 9.16. The van der Waals surface area contributed by atoms with Crippen LogP contribution in [-0.2, 0) is 4.43 Å². The minimum Gasteiger partial charge on any atom is -0.547 e. The molecule has 30 heavy (non-hydrogen) atoms. The molecule has 2 aliphatic carbocycles. The zero-order valence-electron chi connectivity index (χ0n) is 18.0. The number of nitrogens with two attached hydrogens (primary N) is 1. The van der Waals surface area contributed by atoms with Gasteiger partial charge in [0.2, 0.25) is 8.32 Å². The van der Waals surface area contributed by atoms with E-state index in [1.54, 1.807) is 18.2 Å². The molecule has 0 fully saturated rings. The fourth-order valence-corrected chi connectivity index (χ4v) is 5.70. The molecule has 158 valence electrons. The van der Waals surface area contributed by atoms with Crippen molar-refractivity contribution in [3.8, 4) is 11.5 Å². The average molecular weight is 426 g/mol. The van der Waals surface area contributed by atoms with Crippen molar-refractivity contribution >= 4 is 36.3 Å². The standard InChI is InChI=1S/C23H27NO5Si/c1-11-9-13-14(10-16(11)29-30(3,4)5)23(27)19-18(22(13)26)20(24)17-12(21(19)25)7-6-8-15(17)28-2/h6-8,13-14,25H,9-10,24H2,1-5H3/t13-,14+/m0/s1. The zero-order chi connectivity index (χ0) is 22.0. The number of Topliss-reactive ketones (excluding diaryl/α,β-unsaturated/α-hetero) is 2. The SMILES string of the molecule is COc1cccc2c(O)c3c(c(N)c12)C(=O)[C@H]1CC(C)=C(O[Si](C)(C)C)C[C@H]1C3=O. The first kappa shape index (κ1) is 20.5. The van der Waals surface area contributed by atoms with Gasteiger partial charge in [0, 0.05) is 23.6 Å². The highest BCUT2D eigenvalue weighted by Gasteiger charge is 2.47. The Balaban J connectivity index is 1.90. The highest BCUT2D eigenvalue weighted by atomic mass is 28.4. The topological polar surface area (TPSA) is 98.9 Å². The van der Waals surface area contributed by atoms with Gasteiger partial charge < -0.3 is 20.0 Å². The van der Waals surface area contributed by atoms with Crippen LogP contribution in [-0.4, -0.2) is 32.1 Å². The maximum atomic E-state index is 13.5. The van der Waals surface area contributed by atoms with Crippen LogP contribution in [0.2, 0.25) is 19.6 Å². The van der Waals surface area contributed by atoms with Crippen molar-refractivity contribution in [1.29, 1.82) is 0 Å². The molecule has 0 saturated heterocycles. The van der Waals surface area contributed by atoms with E-state index < -0.39 is 20.2 Å². The summed E-state index contributed by atoms with van der Waals surface area (Å²) in [4.78, 5) is 27.0. The van der Waals surface area contributed by atoms with E-state index in [0.717, 1.165) is 11.3 Å². The van der Waals surface area contributed by atoms with Crippen molar-refractivity contribution in [3.63, 3.8) is 0 Å². The molecule has 3 N–H and O–H groups in total. The molecule has 0 saturated carbocycles. The second kappa shape index (κ2) is 6.87. The summed E-state index contributed by atoms with van der Waals surface area (Å²) in [6.45, 7) is 8.24. The molecule has 0 amide bonds. The molecule has 2 aliphatic rings. The van der Waals surface area contributed by atoms with E-state index in [-0.39, 0.29) is 34.1 Å². The third-order valence-corrected chi connectivity index (χ3v) is 6.87. The summed E-state index contributed by atoms with van der Waals surface area (Å²) in [7, 11) is -0.355. The molecule has 0 bridgehead atoms. The van der Waals surface area contributed by atoms with Gasteiger partial charge in [0.1, 0.15) is 11.5 Å². The summed E-state index contributed by atoms with van der Waals surface area (Å²) < 4.78 is 11.6. The van der Waals surface area contributed by atoms with E-state index in [9.17, 15) is 14.7 Å². The minimum absolute atomic E-state index is 0.0337. The first-order valence-electron chi connectivity index (χ1n) is 10.1. The first-order valence-corrected chi connectivity index (χ1v) is 13.5. The lowest BCUT2D eigenvalue weighted by Gasteiger charge is -2.38. The number of rotatable bonds is 3.